The molecule has 0 aromatic heterocycles. The number of hydrogen-bond donors (Lipinski definition) is 1. The summed E-state index contributed by atoms with van der Waals surface area (Å²) in [6.07, 6.45) is 7.72. The van der Waals surface area contributed by atoms with Crippen LogP contribution in [0.1, 0.15) is 36.0 Å². The largest absolute Gasteiger partial charge is 0.391 e. The van der Waals surface area contributed by atoms with E-state index in [0.29, 0.717) is 0 Å². The van der Waals surface area contributed by atoms with E-state index in [1.807, 2.05) is 0 Å². The second-order valence-corrected chi connectivity index (χ2v) is 10.1. The number of piperidine rings is 2. The average molecular weight is 500 g/mol. The number of likely N-dealkylation sites (tertiary alicyclic amines) is 2. The standard InChI is InChI=1S/C25H29IN2O/c26-21-6-3-4-19(16-21)17-27-13-9-24(29)23(18-27)28-14-11-25(12-15-28)10-8-20-5-1-2-7-22(20)25/h1-8,10,16,23-24,29H,9,11-15,17-18H2/t23-,24-/m0/s1. The molecule has 1 N–H and O–H groups in total. The van der Waals surface area contributed by atoms with Crippen LogP contribution in [0.25, 0.3) is 6.08 Å². The number of aliphatic hydroxyl groups excluding tert-OH is 1. The van der Waals surface area contributed by atoms with Crippen LogP contribution in [-0.4, -0.2) is 53.2 Å². The third kappa shape index (κ3) is 3.92. The topological polar surface area (TPSA) is 26.7 Å². The molecule has 5 rings (SSSR count). The van der Waals surface area contributed by atoms with Crippen LogP contribution in [0.2, 0.25) is 0 Å². The van der Waals surface area contributed by atoms with Gasteiger partial charge < -0.3 is 5.11 Å². The summed E-state index contributed by atoms with van der Waals surface area (Å²) < 4.78 is 1.29. The zero-order chi connectivity index (χ0) is 19.8. The Kier molecular flexibility index (Phi) is 5.54. The molecular weight excluding hydrogens is 471 g/mol. The zero-order valence-electron chi connectivity index (χ0n) is 16.8. The van der Waals surface area contributed by atoms with Gasteiger partial charge in [0.05, 0.1) is 6.10 Å². The molecule has 2 saturated heterocycles. The van der Waals surface area contributed by atoms with E-state index >= 15 is 0 Å². The van der Waals surface area contributed by atoms with E-state index in [-0.39, 0.29) is 17.6 Å². The maximum Gasteiger partial charge on any atom is 0.0720 e. The van der Waals surface area contributed by atoms with Crippen molar-refractivity contribution in [2.45, 2.75) is 43.4 Å². The molecule has 2 aromatic carbocycles. The van der Waals surface area contributed by atoms with Crippen LogP contribution in [0.4, 0.5) is 0 Å². The van der Waals surface area contributed by atoms with Crippen molar-refractivity contribution < 1.29 is 5.11 Å². The van der Waals surface area contributed by atoms with Gasteiger partial charge in [0.1, 0.15) is 0 Å². The van der Waals surface area contributed by atoms with Crippen LogP contribution < -0.4 is 0 Å². The van der Waals surface area contributed by atoms with Crippen LogP contribution in [-0.2, 0) is 12.0 Å². The summed E-state index contributed by atoms with van der Waals surface area (Å²) in [5.41, 5.74) is 4.48. The first kappa shape index (κ1) is 19.7. The first-order valence-electron chi connectivity index (χ1n) is 10.8. The molecule has 2 aromatic rings. The van der Waals surface area contributed by atoms with Gasteiger partial charge in [0.15, 0.2) is 0 Å². The van der Waals surface area contributed by atoms with E-state index in [9.17, 15) is 5.11 Å². The minimum atomic E-state index is -0.206. The van der Waals surface area contributed by atoms with Gasteiger partial charge in [-0.2, -0.15) is 0 Å². The van der Waals surface area contributed by atoms with Crippen molar-refractivity contribution in [3.05, 3.63) is 74.9 Å². The monoisotopic (exact) mass is 500 g/mol. The van der Waals surface area contributed by atoms with E-state index < -0.39 is 0 Å². The fraction of sp³-hybridized carbons (Fsp3) is 0.440. The van der Waals surface area contributed by atoms with Crippen LogP contribution in [0.15, 0.2) is 54.6 Å². The molecule has 152 valence electrons. The van der Waals surface area contributed by atoms with Gasteiger partial charge in [0.2, 0.25) is 0 Å². The van der Waals surface area contributed by atoms with Gasteiger partial charge in [0, 0.05) is 34.7 Å². The van der Waals surface area contributed by atoms with Gasteiger partial charge in [-0.05, 0) is 83.8 Å². The van der Waals surface area contributed by atoms with E-state index in [1.54, 1.807) is 0 Å². The smallest absolute Gasteiger partial charge is 0.0720 e. The number of benzene rings is 2. The van der Waals surface area contributed by atoms with Crippen molar-refractivity contribution in [2.24, 2.45) is 0 Å². The molecule has 0 bridgehead atoms. The summed E-state index contributed by atoms with van der Waals surface area (Å²) in [4.78, 5) is 5.09. The molecule has 0 unspecified atom stereocenters. The van der Waals surface area contributed by atoms with Gasteiger partial charge in [-0.25, -0.2) is 0 Å². The molecule has 0 amide bonds. The summed E-state index contributed by atoms with van der Waals surface area (Å²) >= 11 is 2.39. The first-order chi connectivity index (χ1) is 14.1. The van der Waals surface area contributed by atoms with Gasteiger partial charge in [0.25, 0.3) is 0 Å². The van der Waals surface area contributed by atoms with E-state index in [4.69, 9.17) is 0 Å². The molecule has 2 aliphatic heterocycles. The van der Waals surface area contributed by atoms with Gasteiger partial charge >= 0.3 is 0 Å². The fourth-order valence-electron chi connectivity index (χ4n) is 5.51. The molecule has 0 radical (unpaired) electrons. The predicted octanol–water partition coefficient (Wildman–Crippen LogP) is 4.29. The van der Waals surface area contributed by atoms with Crippen LogP contribution in [0.5, 0.6) is 0 Å². The Hall–Kier alpha value is -1.21. The molecule has 3 aliphatic rings. The highest BCUT2D eigenvalue weighted by molar-refractivity contribution is 14.1. The Balaban J connectivity index is 1.25. The molecule has 1 aliphatic carbocycles. The van der Waals surface area contributed by atoms with E-state index in [2.05, 4.69) is 93.1 Å². The van der Waals surface area contributed by atoms with E-state index in [0.717, 1.165) is 52.0 Å². The Bertz CT molecular complexity index is 903. The minimum Gasteiger partial charge on any atom is -0.391 e. The SMILES string of the molecule is O[C@H]1CCN(Cc2cccc(I)c2)C[C@@H]1N1CCC2(C=Cc3ccccc32)CC1. The number of allylic oxidation sites excluding steroid dienone is 1. The maximum absolute atomic E-state index is 10.8. The number of fused-ring (bicyclic) bond motifs is 2. The first-order valence-corrected chi connectivity index (χ1v) is 11.9. The van der Waals surface area contributed by atoms with Crippen LogP contribution >= 0.6 is 22.6 Å². The summed E-state index contributed by atoms with van der Waals surface area (Å²) in [6, 6.07) is 17.9. The predicted molar refractivity (Wildman–Crippen MR) is 127 cm³/mol. The van der Waals surface area contributed by atoms with Crippen molar-refractivity contribution in [3.63, 3.8) is 0 Å². The lowest BCUT2D eigenvalue weighted by molar-refractivity contribution is -0.0256. The highest BCUT2D eigenvalue weighted by atomic mass is 127. The number of rotatable bonds is 3. The second-order valence-electron chi connectivity index (χ2n) is 8.90. The summed E-state index contributed by atoms with van der Waals surface area (Å²) in [5.74, 6) is 0. The molecule has 29 heavy (non-hydrogen) atoms. The maximum atomic E-state index is 10.8. The molecule has 4 heteroatoms. The third-order valence-electron chi connectivity index (χ3n) is 7.16. The van der Waals surface area contributed by atoms with E-state index in [1.165, 1.54) is 20.3 Å². The Morgan fingerprint density at radius 1 is 1.03 bits per heavy atom. The second kappa shape index (κ2) is 8.14. The number of hydrogen-bond acceptors (Lipinski definition) is 3. The number of aliphatic hydroxyl groups is 1. The Labute approximate surface area is 187 Å². The van der Waals surface area contributed by atoms with Gasteiger partial charge in [-0.3, -0.25) is 9.80 Å². The van der Waals surface area contributed by atoms with Crippen LogP contribution in [0.3, 0.4) is 0 Å². The van der Waals surface area contributed by atoms with Crippen molar-refractivity contribution in [3.8, 4) is 0 Å². The highest BCUT2D eigenvalue weighted by Gasteiger charge is 2.41. The van der Waals surface area contributed by atoms with Crippen LogP contribution in [0, 0.1) is 3.57 Å². The third-order valence-corrected chi connectivity index (χ3v) is 7.84. The van der Waals surface area contributed by atoms with Gasteiger partial charge in [-0.1, -0.05) is 48.6 Å². The minimum absolute atomic E-state index is 0.206. The van der Waals surface area contributed by atoms with Crippen molar-refractivity contribution >= 4 is 28.7 Å². The molecular formula is C25H29IN2O. The molecule has 3 nitrogen and oxygen atoms in total. The highest BCUT2D eigenvalue weighted by Crippen LogP contribution is 2.44. The lowest BCUT2D eigenvalue weighted by Crippen LogP contribution is -2.57. The van der Waals surface area contributed by atoms with Crippen molar-refractivity contribution in [1.82, 2.24) is 9.80 Å². The molecule has 0 saturated carbocycles. The molecule has 2 heterocycles. The van der Waals surface area contributed by atoms with Crippen molar-refractivity contribution in [2.75, 3.05) is 26.2 Å². The number of nitrogens with zero attached hydrogens (tertiary/aromatic N) is 2. The van der Waals surface area contributed by atoms with Gasteiger partial charge in [-0.15, -0.1) is 0 Å². The zero-order valence-corrected chi connectivity index (χ0v) is 19.0. The lowest BCUT2D eigenvalue weighted by atomic mass is 9.74. The summed E-state index contributed by atoms with van der Waals surface area (Å²) in [6.45, 7) is 5.06. The molecule has 2 fully saturated rings. The Morgan fingerprint density at radius 2 is 1.86 bits per heavy atom. The molecule has 1 spiro atoms. The normalized spacial score (nSPS) is 26.7. The number of halogens is 1. The summed E-state index contributed by atoms with van der Waals surface area (Å²) in [7, 11) is 0. The Morgan fingerprint density at radius 3 is 2.69 bits per heavy atom. The fourth-order valence-corrected chi connectivity index (χ4v) is 6.11. The van der Waals surface area contributed by atoms with Crippen molar-refractivity contribution in [1.29, 1.82) is 0 Å². The average Bonchev–Trinajstić information content (AvgIpc) is 3.09. The molecule has 2 atom stereocenters. The summed E-state index contributed by atoms with van der Waals surface area (Å²) in [5, 5.41) is 10.8. The quantitative estimate of drug-likeness (QED) is 0.638. The lowest BCUT2D eigenvalue weighted by Gasteiger charge is -2.47.